The minimum absolute atomic E-state index is 0. The molecule has 2 rings (SSSR count). The second-order valence-electron chi connectivity index (χ2n) is 5.55. The van der Waals surface area contributed by atoms with Gasteiger partial charge in [-0.1, -0.05) is 6.07 Å². The largest absolute Gasteiger partial charge is 0.493 e. The number of carbonyl (C=O) groups is 2. The summed E-state index contributed by atoms with van der Waals surface area (Å²) in [7, 11) is 3.31. The molecule has 1 aromatic rings. The number of nitrogens with one attached hydrogen (secondary N) is 3. The number of imide groups is 1. The van der Waals surface area contributed by atoms with Crippen LogP contribution in [0.1, 0.15) is 6.42 Å². The van der Waals surface area contributed by atoms with E-state index in [4.69, 9.17) is 9.47 Å². The Hall–Kier alpha value is -2.08. The zero-order valence-electron chi connectivity index (χ0n) is 15.5. The Morgan fingerprint density at radius 3 is 2.81 bits per heavy atom. The van der Waals surface area contributed by atoms with E-state index in [1.165, 1.54) is 4.90 Å². The maximum atomic E-state index is 11.5. The van der Waals surface area contributed by atoms with Gasteiger partial charge in [-0.25, -0.2) is 4.79 Å². The van der Waals surface area contributed by atoms with Crippen molar-refractivity contribution in [3.63, 3.8) is 0 Å². The van der Waals surface area contributed by atoms with Gasteiger partial charge in [-0.15, -0.1) is 24.0 Å². The van der Waals surface area contributed by atoms with E-state index in [1.54, 1.807) is 14.2 Å². The lowest BCUT2D eigenvalue weighted by atomic mass is 10.3. The Bertz CT molecular complexity index is 640. The summed E-state index contributed by atoms with van der Waals surface area (Å²) in [6, 6.07) is 7.17. The van der Waals surface area contributed by atoms with Crippen molar-refractivity contribution in [2.24, 2.45) is 4.99 Å². The number of anilines is 1. The van der Waals surface area contributed by atoms with Crippen LogP contribution >= 0.6 is 24.0 Å². The maximum Gasteiger partial charge on any atom is 0.324 e. The van der Waals surface area contributed by atoms with Crippen LogP contribution in [0.25, 0.3) is 0 Å². The highest BCUT2D eigenvalue weighted by atomic mass is 127. The molecule has 0 radical (unpaired) electrons. The first kappa shape index (κ1) is 23.0. The standard InChI is InChI=1S/C17H25N5O4.HI/c1-18-16(19-7-8-22-15(23)12-20-17(22)24)21-13-5-3-6-14(11-13)26-10-4-9-25-2;/h3,5-6,11H,4,7-10,12H2,1-2H3,(H,20,24)(H2,18,19,21);1H. The summed E-state index contributed by atoms with van der Waals surface area (Å²) in [4.78, 5) is 28.3. The number of ether oxygens (including phenoxy) is 2. The van der Waals surface area contributed by atoms with Gasteiger partial charge in [0.05, 0.1) is 13.2 Å². The number of guanidine groups is 1. The lowest BCUT2D eigenvalue weighted by molar-refractivity contribution is -0.124. The Labute approximate surface area is 175 Å². The monoisotopic (exact) mass is 491 g/mol. The van der Waals surface area contributed by atoms with Crippen LogP contribution in [0.15, 0.2) is 29.3 Å². The fourth-order valence-corrected chi connectivity index (χ4v) is 2.34. The van der Waals surface area contributed by atoms with Gasteiger partial charge in [0.2, 0.25) is 5.91 Å². The van der Waals surface area contributed by atoms with Crippen LogP contribution in [-0.4, -0.2) is 69.8 Å². The topological polar surface area (TPSA) is 104 Å². The van der Waals surface area contributed by atoms with Gasteiger partial charge >= 0.3 is 6.03 Å². The van der Waals surface area contributed by atoms with Crippen molar-refractivity contribution < 1.29 is 19.1 Å². The van der Waals surface area contributed by atoms with Crippen molar-refractivity contribution in [1.82, 2.24) is 15.5 Å². The van der Waals surface area contributed by atoms with Crippen molar-refractivity contribution in [2.75, 3.05) is 52.3 Å². The van der Waals surface area contributed by atoms with Gasteiger partial charge in [-0.2, -0.15) is 0 Å². The molecular weight excluding hydrogens is 465 g/mol. The molecule has 1 aliphatic rings. The third-order valence-electron chi connectivity index (χ3n) is 3.65. The van der Waals surface area contributed by atoms with Crippen LogP contribution in [0.4, 0.5) is 10.5 Å². The second-order valence-corrected chi connectivity index (χ2v) is 5.55. The van der Waals surface area contributed by atoms with Gasteiger partial charge in [-0.05, 0) is 12.1 Å². The van der Waals surface area contributed by atoms with Crippen LogP contribution in [0.2, 0.25) is 0 Å². The summed E-state index contributed by atoms with van der Waals surface area (Å²) in [6.07, 6.45) is 0.820. The normalized spacial score (nSPS) is 13.9. The van der Waals surface area contributed by atoms with E-state index in [9.17, 15) is 9.59 Å². The first-order valence-electron chi connectivity index (χ1n) is 8.41. The van der Waals surface area contributed by atoms with Crippen LogP contribution in [0.5, 0.6) is 5.75 Å². The van der Waals surface area contributed by atoms with Crippen LogP contribution in [-0.2, 0) is 9.53 Å². The molecule has 27 heavy (non-hydrogen) atoms. The Morgan fingerprint density at radius 2 is 2.15 bits per heavy atom. The van der Waals surface area contributed by atoms with Gasteiger partial charge in [0.15, 0.2) is 5.96 Å². The molecule has 0 aliphatic carbocycles. The highest BCUT2D eigenvalue weighted by Crippen LogP contribution is 2.17. The molecule has 9 nitrogen and oxygen atoms in total. The fraction of sp³-hybridized carbons (Fsp3) is 0.471. The Kier molecular flexibility index (Phi) is 10.5. The Balaban J connectivity index is 0.00000364. The molecule has 1 aliphatic heterocycles. The van der Waals surface area contributed by atoms with E-state index in [2.05, 4.69) is 20.9 Å². The first-order chi connectivity index (χ1) is 12.6. The average Bonchev–Trinajstić information content (AvgIpc) is 2.96. The summed E-state index contributed by atoms with van der Waals surface area (Å²) in [5.41, 5.74) is 0.817. The molecule has 10 heteroatoms. The maximum absolute atomic E-state index is 11.5. The molecular formula is C17H26IN5O4. The van der Waals surface area contributed by atoms with E-state index in [1.807, 2.05) is 24.3 Å². The quantitative estimate of drug-likeness (QED) is 0.158. The molecule has 1 heterocycles. The van der Waals surface area contributed by atoms with E-state index < -0.39 is 0 Å². The number of urea groups is 1. The molecule has 0 bridgehead atoms. The average molecular weight is 491 g/mol. The lowest BCUT2D eigenvalue weighted by Crippen LogP contribution is -2.40. The van der Waals surface area contributed by atoms with Crippen molar-refractivity contribution >= 4 is 47.6 Å². The van der Waals surface area contributed by atoms with Crippen molar-refractivity contribution in [1.29, 1.82) is 0 Å². The molecule has 0 aromatic heterocycles. The number of amides is 3. The Morgan fingerprint density at radius 1 is 1.33 bits per heavy atom. The smallest absolute Gasteiger partial charge is 0.324 e. The van der Waals surface area contributed by atoms with Crippen molar-refractivity contribution in [2.45, 2.75) is 6.42 Å². The van der Waals surface area contributed by atoms with Crippen LogP contribution < -0.4 is 20.7 Å². The summed E-state index contributed by atoms with van der Waals surface area (Å²) in [5.74, 6) is 1.06. The second kappa shape index (κ2) is 12.3. The zero-order valence-corrected chi connectivity index (χ0v) is 17.8. The molecule has 1 saturated heterocycles. The summed E-state index contributed by atoms with van der Waals surface area (Å²) < 4.78 is 10.7. The molecule has 0 spiro atoms. The fourth-order valence-electron chi connectivity index (χ4n) is 2.34. The molecule has 1 aromatic carbocycles. The number of methoxy groups -OCH3 is 1. The molecule has 1 fully saturated rings. The molecule has 0 saturated carbocycles. The van der Waals surface area contributed by atoms with Crippen LogP contribution in [0.3, 0.4) is 0 Å². The number of nitrogens with zero attached hydrogens (tertiary/aromatic N) is 2. The van der Waals surface area contributed by atoms with Gasteiger partial charge in [-0.3, -0.25) is 14.7 Å². The summed E-state index contributed by atoms with van der Waals surface area (Å²) in [5, 5.41) is 8.71. The van der Waals surface area contributed by atoms with Gasteiger partial charge in [0.25, 0.3) is 0 Å². The van der Waals surface area contributed by atoms with Crippen LogP contribution in [0, 0.1) is 0 Å². The molecule has 3 amide bonds. The highest BCUT2D eigenvalue weighted by molar-refractivity contribution is 14.0. The zero-order chi connectivity index (χ0) is 18.8. The van der Waals surface area contributed by atoms with Gasteiger partial charge < -0.3 is 25.4 Å². The predicted molar refractivity (Wildman–Crippen MR) is 114 cm³/mol. The van der Waals surface area contributed by atoms with Gasteiger partial charge in [0, 0.05) is 52.0 Å². The van der Waals surface area contributed by atoms with E-state index in [0.29, 0.717) is 25.7 Å². The first-order valence-corrected chi connectivity index (χ1v) is 8.41. The minimum atomic E-state index is -0.363. The predicted octanol–water partition coefficient (Wildman–Crippen LogP) is 1.26. The van der Waals surface area contributed by atoms with E-state index in [-0.39, 0.29) is 49.0 Å². The van der Waals surface area contributed by atoms with E-state index in [0.717, 1.165) is 17.9 Å². The number of benzene rings is 1. The molecule has 0 unspecified atom stereocenters. The number of hydrogen-bond donors (Lipinski definition) is 3. The van der Waals surface area contributed by atoms with Gasteiger partial charge in [0.1, 0.15) is 5.75 Å². The summed E-state index contributed by atoms with van der Waals surface area (Å²) >= 11 is 0. The number of carbonyl (C=O) groups excluding carboxylic acids is 2. The van der Waals surface area contributed by atoms with Crippen molar-refractivity contribution in [3.05, 3.63) is 24.3 Å². The number of rotatable bonds is 9. The number of aliphatic imine (C=N–C) groups is 1. The molecule has 150 valence electrons. The third-order valence-corrected chi connectivity index (χ3v) is 3.65. The van der Waals surface area contributed by atoms with Crippen molar-refractivity contribution in [3.8, 4) is 5.75 Å². The third kappa shape index (κ3) is 7.59. The van der Waals surface area contributed by atoms with E-state index >= 15 is 0 Å². The molecule has 0 atom stereocenters. The highest BCUT2D eigenvalue weighted by Gasteiger charge is 2.27. The lowest BCUT2D eigenvalue weighted by Gasteiger charge is -2.16. The number of halogens is 1. The minimum Gasteiger partial charge on any atom is -0.493 e. The summed E-state index contributed by atoms with van der Waals surface area (Å²) in [6.45, 7) is 1.96. The number of hydrogen-bond acceptors (Lipinski definition) is 5. The SMILES string of the molecule is CN=C(NCCN1C(=O)CNC1=O)Nc1cccc(OCCCOC)c1.I. The molecule has 3 N–H and O–H groups in total.